The first kappa shape index (κ1) is 11.5. The predicted molar refractivity (Wildman–Crippen MR) is 78.1 cm³/mol. The zero-order valence-electron chi connectivity index (χ0n) is 11.7. The highest BCUT2D eigenvalue weighted by molar-refractivity contribution is 5.75. The van der Waals surface area contributed by atoms with Crippen LogP contribution >= 0.6 is 0 Å². The number of nitrogens with one attached hydrogen (secondary N) is 1. The largest absolute Gasteiger partial charge is 0.342 e. The molecule has 2 saturated carbocycles. The first-order valence-corrected chi connectivity index (χ1v) is 7.70. The van der Waals surface area contributed by atoms with E-state index in [4.69, 9.17) is 4.98 Å². The number of H-pyrrole nitrogens is 1. The monoisotopic (exact) mass is 254 g/mol. The van der Waals surface area contributed by atoms with Crippen molar-refractivity contribution < 1.29 is 0 Å². The smallest absolute Gasteiger partial charge is 0.113 e. The zero-order chi connectivity index (χ0) is 12.9. The number of imidazole rings is 1. The van der Waals surface area contributed by atoms with Crippen LogP contribution in [0.4, 0.5) is 0 Å². The molecule has 1 heterocycles. The van der Waals surface area contributed by atoms with Gasteiger partial charge in [0.05, 0.1) is 11.0 Å². The maximum absolute atomic E-state index is 4.93. The Kier molecular flexibility index (Phi) is 2.48. The fourth-order valence-electron chi connectivity index (χ4n) is 4.71. The molecule has 2 aliphatic rings. The number of aromatic amines is 1. The van der Waals surface area contributed by atoms with Gasteiger partial charge in [-0.15, -0.1) is 0 Å². The Morgan fingerprint density at radius 2 is 2.16 bits per heavy atom. The molecule has 100 valence electrons. The van der Waals surface area contributed by atoms with Gasteiger partial charge in [-0.3, -0.25) is 0 Å². The average Bonchev–Trinajstić information content (AvgIpc) is 2.82. The van der Waals surface area contributed by atoms with E-state index in [0.29, 0.717) is 5.41 Å². The molecule has 19 heavy (non-hydrogen) atoms. The number of hydrogen-bond acceptors (Lipinski definition) is 1. The average molecular weight is 254 g/mol. The van der Waals surface area contributed by atoms with Gasteiger partial charge in [0.2, 0.25) is 0 Å². The van der Waals surface area contributed by atoms with Crippen molar-refractivity contribution in [2.24, 2.45) is 11.8 Å². The van der Waals surface area contributed by atoms with E-state index in [1.165, 1.54) is 49.9 Å². The quantitative estimate of drug-likeness (QED) is 0.801. The van der Waals surface area contributed by atoms with E-state index in [1.54, 1.807) is 0 Å². The van der Waals surface area contributed by atoms with Crippen molar-refractivity contribution in [2.75, 3.05) is 0 Å². The molecule has 2 fully saturated rings. The Balaban J connectivity index is 1.80. The van der Waals surface area contributed by atoms with E-state index in [1.807, 2.05) is 0 Å². The highest BCUT2D eigenvalue weighted by atomic mass is 14.9. The molecule has 3 atom stereocenters. The summed E-state index contributed by atoms with van der Waals surface area (Å²) in [6.45, 7) is 2.43. The minimum Gasteiger partial charge on any atom is -0.342 e. The summed E-state index contributed by atoms with van der Waals surface area (Å²) in [5.74, 6) is 3.06. The summed E-state index contributed by atoms with van der Waals surface area (Å²) in [6, 6.07) is 8.44. The number of rotatable bonds is 1. The predicted octanol–water partition coefficient (Wildman–Crippen LogP) is 4.42. The summed E-state index contributed by atoms with van der Waals surface area (Å²) >= 11 is 0. The van der Waals surface area contributed by atoms with Gasteiger partial charge in [-0.1, -0.05) is 31.9 Å². The summed E-state index contributed by atoms with van der Waals surface area (Å²) in [5.41, 5.74) is 2.68. The lowest BCUT2D eigenvalue weighted by Crippen LogP contribution is -2.40. The molecule has 1 N–H and O–H groups in total. The van der Waals surface area contributed by atoms with Crippen LogP contribution in [0.5, 0.6) is 0 Å². The van der Waals surface area contributed by atoms with Crippen LogP contribution < -0.4 is 0 Å². The number of nitrogens with zero attached hydrogens (tertiary/aromatic N) is 1. The number of hydrogen-bond donors (Lipinski definition) is 1. The van der Waals surface area contributed by atoms with Crippen LogP contribution in [0.25, 0.3) is 11.0 Å². The second-order valence-corrected chi connectivity index (χ2v) is 6.89. The third-order valence-electron chi connectivity index (χ3n) is 5.31. The van der Waals surface area contributed by atoms with Crippen molar-refractivity contribution in [1.29, 1.82) is 0 Å². The van der Waals surface area contributed by atoms with Crippen LogP contribution in [0, 0.1) is 11.8 Å². The third-order valence-corrected chi connectivity index (χ3v) is 5.31. The third kappa shape index (κ3) is 1.80. The van der Waals surface area contributed by atoms with Gasteiger partial charge in [-0.2, -0.15) is 0 Å². The molecule has 0 saturated heterocycles. The van der Waals surface area contributed by atoms with Crippen molar-refractivity contribution in [3.05, 3.63) is 30.1 Å². The molecule has 1 aromatic heterocycles. The van der Waals surface area contributed by atoms with Crippen LogP contribution in [-0.4, -0.2) is 9.97 Å². The van der Waals surface area contributed by atoms with E-state index >= 15 is 0 Å². The summed E-state index contributed by atoms with van der Waals surface area (Å²) in [4.78, 5) is 8.55. The Labute approximate surface area is 114 Å². The highest BCUT2D eigenvalue weighted by Gasteiger charge is 2.44. The molecule has 2 aliphatic carbocycles. The SMILES string of the molecule is CC1CC2CCCC(c3nc4ccccc4[nH]3)(C1)C2. The summed E-state index contributed by atoms with van der Waals surface area (Å²) in [7, 11) is 0. The van der Waals surface area contributed by atoms with Crippen molar-refractivity contribution in [1.82, 2.24) is 9.97 Å². The van der Waals surface area contributed by atoms with E-state index in [9.17, 15) is 0 Å². The topological polar surface area (TPSA) is 28.7 Å². The summed E-state index contributed by atoms with van der Waals surface area (Å²) in [6.07, 6.45) is 8.26. The summed E-state index contributed by atoms with van der Waals surface area (Å²) in [5, 5.41) is 0. The Morgan fingerprint density at radius 1 is 1.26 bits per heavy atom. The standard InChI is InChI=1S/C17H22N2/c1-12-9-13-5-4-8-17(10-12,11-13)16-18-14-6-2-3-7-15(14)19-16/h2-3,6-7,12-13H,4-5,8-11H2,1H3,(H,18,19). The van der Waals surface area contributed by atoms with E-state index in [0.717, 1.165) is 17.4 Å². The Morgan fingerprint density at radius 3 is 3.05 bits per heavy atom. The molecule has 2 heteroatoms. The Hall–Kier alpha value is -1.31. The maximum atomic E-state index is 4.93. The minimum atomic E-state index is 0.347. The van der Waals surface area contributed by atoms with Crippen LogP contribution in [-0.2, 0) is 5.41 Å². The second kappa shape index (κ2) is 4.09. The molecule has 2 aromatic rings. The van der Waals surface area contributed by atoms with Crippen LogP contribution in [0.1, 0.15) is 51.3 Å². The molecule has 2 nitrogen and oxygen atoms in total. The Bertz CT molecular complexity index is 563. The first-order valence-electron chi connectivity index (χ1n) is 7.70. The minimum absolute atomic E-state index is 0.347. The van der Waals surface area contributed by atoms with Gasteiger partial charge in [-0.25, -0.2) is 4.98 Å². The van der Waals surface area contributed by atoms with Crippen molar-refractivity contribution in [2.45, 2.75) is 50.9 Å². The van der Waals surface area contributed by atoms with E-state index in [-0.39, 0.29) is 0 Å². The zero-order valence-corrected chi connectivity index (χ0v) is 11.7. The molecule has 3 unspecified atom stereocenters. The fourth-order valence-corrected chi connectivity index (χ4v) is 4.71. The van der Waals surface area contributed by atoms with Crippen LogP contribution in [0.15, 0.2) is 24.3 Å². The molecule has 0 spiro atoms. The number of para-hydroxylation sites is 2. The summed E-state index contributed by atoms with van der Waals surface area (Å²) < 4.78 is 0. The normalized spacial score (nSPS) is 34.6. The molecule has 2 bridgehead atoms. The molecule has 0 radical (unpaired) electrons. The molecule has 0 amide bonds. The van der Waals surface area contributed by atoms with Gasteiger partial charge < -0.3 is 4.98 Å². The van der Waals surface area contributed by atoms with Crippen LogP contribution in [0.3, 0.4) is 0 Å². The van der Waals surface area contributed by atoms with Gasteiger partial charge in [0.25, 0.3) is 0 Å². The molecule has 0 aliphatic heterocycles. The van der Waals surface area contributed by atoms with Crippen molar-refractivity contribution >= 4 is 11.0 Å². The van der Waals surface area contributed by atoms with Crippen molar-refractivity contribution in [3.63, 3.8) is 0 Å². The van der Waals surface area contributed by atoms with Gasteiger partial charge >= 0.3 is 0 Å². The lowest BCUT2D eigenvalue weighted by atomic mass is 9.59. The second-order valence-electron chi connectivity index (χ2n) is 6.89. The first-order chi connectivity index (χ1) is 9.25. The van der Waals surface area contributed by atoms with Gasteiger partial charge in [0, 0.05) is 5.41 Å². The molecular formula is C17H22N2. The van der Waals surface area contributed by atoms with Crippen molar-refractivity contribution in [3.8, 4) is 0 Å². The number of aromatic nitrogens is 2. The fraction of sp³-hybridized carbons (Fsp3) is 0.588. The molecule has 1 aromatic carbocycles. The highest BCUT2D eigenvalue weighted by Crippen LogP contribution is 2.51. The van der Waals surface area contributed by atoms with Gasteiger partial charge in [0.1, 0.15) is 5.82 Å². The lowest BCUT2D eigenvalue weighted by Gasteiger charge is -2.46. The molecule has 4 rings (SSSR count). The maximum Gasteiger partial charge on any atom is 0.113 e. The number of benzene rings is 1. The van der Waals surface area contributed by atoms with E-state index in [2.05, 4.69) is 36.2 Å². The lowest BCUT2D eigenvalue weighted by molar-refractivity contribution is 0.104. The van der Waals surface area contributed by atoms with Gasteiger partial charge in [-0.05, 0) is 49.7 Å². The number of fused-ring (bicyclic) bond motifs is 3. The van der Waals surface area contributed by atoms with Crippen LogP contribution in [0.2, 0.25) is 0 Å². The van der Waals surface area contributed by atoms with E-state index < -0.39 is 0 Å². The van der Waals surface area contributed by atoms with Gasteiger partial charge in [0.15, 0.2) is 0 Å². The molecular weight excluding hydrogens is 232 g/mol.